The summed E-state index contributed by atoms with van der Waals surface area (Å²) in [6.07, 6.45) is 8.95. The first-order chi connectivity index (χ1) is 14.7. The SMILES string of the molecule is O=C(CCC1CCCC1)Nc1cc(-c2cccs2)nn1-c1nc2c(c(=O)[nH]1)CCC2. The predicted molar refractivity (Wildman–Crippen MR) is 117 cm³/mol. The molecule has 1 fully saturated rings. The number of aromatic nitrogens is 4. The van der Waals surface area contributed by atoms with E-state index >= 15 is 0 Å². The molecule has 2 aliphatic carbocycles. The topological polar surface area (TPSA) is 92.7 Å². The van der Waals surface area contributed by atoms with Crippen molar-refractivity contribution >= 4 is 23.1 Å². The summed E-state index contributed by atoms with van der Waals surface area (Å²) in [6.45, 7) is 0. The summed E-state index contributed by atoms with van der Waals surface area (Å²) in [7, 11) is 0. The van der Waals surface area contributed by atoms with Crippen LogP contribution in [0.1, 0.15) is 56.2 Å². The Morgan fingerprint density at radius 3 is 2.93 bits per heavy atom. The number of thiophene rings is 1. The van der Waals surface area contributed by atoms with Crippen LogP contribution >= 0.6 is 11.3 Å². The molecule has 0 atom stereocenters. The Bertz CT molecular complexity index is 1110. The fourth-order valence-corrected chi connectivity index (χ4v) is 5.23. The van der Waals surface area contributed by atoms with Gasteiger partial charge in [-0.3, -0.25) is 14.6 Å². The molecule has 3 heterocycles. The van der Waals surface area contributed by atoms with Gasteiger partial charge in [-0.2, -0.15) is 9.78 Å². The highest BCUT2D eigenvalue weighted by atomic mass is 32.1. The van der Waals surface area contributed by atoms with Gasteiger partial charge in [0.2, 0.25) is 11.9 Å². The second-order valence-electron chi connectivity index (χ2n) is 8.21. The summed E-state index contributed by atoms with van der Waals surface area (Å²) in [5.41, 5.74) is 2.24. The fraction of sp³-hybridized carbons (Fsp3) is 0.455. The smallest absolute Gasteiger partial charge is 0.255 e. The van der Waals surface area contributed by atoms with Crippen molar-refractivity contribution in [3.8, 4) is 16.5 Å². The Morgan fingerprint density at radius 1 is 1.27 bits per heavy atom. The summed E-state index contributed by atoms with van der Waals surface area (Å²) >= 11 is 1.58. The zero-order valence-electron chi connectivity index (χ0n) is 16.8. The van der Waals surface area contributed by atoms with Gasteiger partial charge in [0.25, 0.3) is 5.56 Å². The standard InChI is InChI=1S/C22H25N5O2S/c28-20(11-10-14-5-1-2-6-14)24-19-13-17(18-9-4-12-30-18)26-27(19)22-23-16-8-3-7-15(16)21(29)25-22/h4,9,12-14H,1-3,5-8,10-11H2,(H,24,28)(H,23,25,29). The Hall–Kier alpha value is -2.74. The molecule has 156 valence electrons. The maximum absolute atomic E-state index is 12.7. The van der Waals surface area contributed by atoms with Crippen LogP contribution in [0.4, 0.5) is 5.82 Å². The average molecular weight is 424 g/mol. The number of nitrogens with one attached hydrogen (secondary N) is 2. The van der Waals surface area contributed by atoms with Crippen LogP contribution in [-0.4, -0.2) is 25.7 Å². The third-order valence-corrected chi connectivity index (χ3v) is 7.03. The summed E-state index contributed by atoms with van der Waals surface area (Å²) < 4.78 is 1.56. The van der Waals surface area contributed by atoms with Gasteiger partial charge in [0.15, 0.2) is 0 Å². The Balaban J connectivity index is 1.44. The van der Waals surface area contributed by atoms with Crippen LogP contribution in [0.15, 0.2) is 28.4 Å². The first-order valence-corrected chi connectivity index (χ1v) is 11.6. The molecule has 0 saturated heterocycles. The van der Waals surface area contributed by atoms with Gasteiger partial charge in [0.1, 0.15) is 11.5 Å². The third-order valence-electron chi connectivity index (χ3n) is 6.13. The van der Waals surface area contributed by atoms with E-state index in [-0.39, 0.29) is 11.5 Å². The molecule has 1 amide bonds. The molecule has 0 radical (unpaired) electrons. The Kier molecular flexibility index (Phi) is 5.25. The first-order valence-electron chi connectivity index (χ1n) is 10.7. The van der Waals surface area contributed by atoms with Gasteiger partial charge in [-0.15, -0.1) is 11.3 Å². The number of aryl methyl sites for hydroxylation is 1. The van der Waals surface area contributed by atoms with Gasteiger partial charge in [0.05, 0.1) is 10.6 Å². The third kappa shape index (κ3) is 3.84. The van der Waals surface area contributed by atoms with E-state index in [1.807, 2.05) is 23.6 Å². The van der Waals surface area contributed by atoms with E-state index in [9.17, 15) is 9.59 Å². The van der Waals surface area contributed by atoms with Crippen molar-refractivity contribution in [3.05, 3.63) is 45.2 Å². The van der Waals surface area contributed by atoms with Gasteiger partial charge >= 0.3 is 0 Å². The number of carbonyl (C=O) groups excluding carboxylic acids is 1. The minimum Gasteiger partial charge on any atom is -0.310 e. The lowest BCUT2D eigenvalue weighted by molar-refractivity contribution is -0.116. The highest BCUT2D eigenvalue weighted by molar-refractivity contribution is 7.13. The molecule has 3 aromatic heterocycles. The van der Waals surface area contributed by atoms with Crippen molar-refractivity contribution < 1.29 is 4.79 Å². The fourth-order valence-electron chi connectivity index (χ4n) is 4.54. The molecule has 0 aromatic carbocycles. The van der Waals surface area contributed by atoms with E-state index in [2.05, 4.69) is 20.4 Å². The van der Waals surface area contributed by atoms with E-state index in [1.165, 1.54) is 25.7 Å². The predicted octanol–water partition coefficient (Wildman–Crippen LogP) is 4.08. The van der Waals surface area contributed by atoms with Crippen molar-refractivity contribution in [2.45, 2.75) is 57.8 Å². The van der Waals surface area contributed by atoms with E-state index in [0.29, 0.717) is 24.1 Å². The minimum atomic E-state index is -0.112. The zero-order valence-corrected chi connectivity index (χ0v) is 17.6. The lowest BCUT2D eigenvalue weighted by Gasteiger charge is -2.11. The van der Waals surface area contributed by atoms with Crippen LogP contribution in [0.25, 0.3) is 16.5 Å². The Morgan fingerprint density at radius 2 is 2.13 bits per heavy atom. The number of hydrogen-bond acceptors (Lipinski definition) is 5. The van der Waals surface area contributed by atoms with Crippen LogP contribution in [0, 0.1) is 5.92 Å². The highest BCUT2D eigenvalue weighted by Gasteiger charge is 2.22. The molecule has 8 heteroatoms. The monoisotopic (exact) mass is 423 g/mol. The molecular formula is C22H25N5O2S. The largest absolute Gasteiger partial charge is 0.310 e. The molecule has 30 heavy (non-hydrogen) atoms. The maximum Gasteiger partial charge on any atom is 0.255 e. The van der Waals surface area contributed by atoms with Crippen molar-refractivity contribution in [2.24, 2.45) is 5.92 Å². The maximum atomic E-state index is 12.7. The summed E-state index contributed by atoms with van der Waals surface area (Å²) in [4.78, 5) is 33.7. The summed E-state index contributed by atoms with van der Waals surface area (Å²) in [5, 5.41) is 9.66. The van der Waals surface area contributed by atoms with Crippen molar-refractivity contribution in [3.63, 3.8) is 0 Å². The molecule has 0 unspecified atom stereocenters. The van der Waals surface area contributed by atoms with Crippen LogP contribution in [0.5, 0.6) is 0 Å². The Labute approximate surface area is 178 Å². The van der Waals surface area contributed by atoms with Crippen molar-refractivity contribution in [1.29, 1.82) is 0 Å². The second-order valence-corrected chi connectivity index (χ2v) is 9.16. The van der Waals surface area contributed by atoms with Gasteiger partial charge in [-0.05, 0) is 43.0 Å². The van der Waals surface area contributed by atoms with E-state index < -0.39 is 0 Å². The average Bonchev–Trinajstić information content (AvgIpc) is 3.53. The molecule has 1 saturated carbocycles. The molecule has 2 aliphatic rings. The van der Waals surface area contributed by atoms with Crippen LogP contribution < -0.4 is 10.9 Å². The van der Waals surface area contributed by atoms with E-state index in [0.717, 1.165) is 47.5 Å². The van der Waals surface area contributed by atoms with Crippen LogP contribution in [-0.2, 0) is 17.6 Å². The number of rotatable bonds is 6. The molecule has 0 bridgehead atoms. The van der Waals surface area contributed by atoms with E-state index in [1.54, 1.807) is 16.0 Å². The minimum absolute atomic E-state index is 0.0238. The van der Waals surface area contributed by atoms with Crippen molar-refractivity contribution in [1.82, 2.24) is 19.7 Å². The number of anilines is 1. The lowest BCUT2D eigenvalue weighted by Crippen LogP contribution is -2.21. The summed E-state index contributed by atoms with van der Waals surface area (Å²) in [5.74, 6) is 1.53. The summed E-state index contributed by atoms with van der Waals surface area (Å²) in [6, 6.07) is 5.81. The number of fused-ring (bicyclic) bond motifs is 1. The normalized spacial score (nSPS) is 16.1. The molecule has 3 aromatic rings. The van der Waals surface area contributed by atoms with Crippen molar-refractivity contribution in [2.75, 3.05) is 5.32 Å². The molecular weight excluding hydrogens is 398 g/mol. The number of H-pyrrole nitrogens is 1. The number of nitrogens with zero attached hydrogens (tertiary/aromatic N) is 3. The first kappa shape index (κ1) is 19.2. The van der Waals surface area contributed by atoms with Gasteiger partial charge in [0, 0.05) is 18.1 Å². The number of aromatic amines is 1. The highest BCUT2D eigenvalue weighted by Crippen LogP contribution is 2.30. The molecule has 7 nitrogen and oxygen atoms in total. The van der Waals surface area contributed by atoms with Crippen LogP contribution in [0.3, 0.4) is 0 Å². The van der Waals surface area contributed by atoms with Gasteiger partial charge in [-0.25, -0.2) is 4.98 Å². The second kappa shape index (κ2) is 8.18. The molecule has 0 spiro atoms. The number of amides is 1. The number of hydrogen-bond donors (Lipinski definition) is 2. The van der Waals surface area contributed by atoms with E-state index in [4.69, 9.17) is 0 Å². The van der Waals surface area contributed by atoms with Crippen LogP contribution in [0.2, 0.25) is 0 Å². The van der Waals surface area contributed by atoms with Gasteiger partial charge in [-0.1, -0.05) is 31.7 Å². The quantitative estimate of drug-likeness (QED) is 0.625. The number of carbonyl (C=O) groups is 1. The molecule has 5 rings (SSSR count). The zero-order chi connectivity index (χ0) is 20.5. The lowest BCUT2D eigenvalue weighted by atomic mass is 10.0. The molecule has 0 aliphatic heterocycles. The van der Waals surface area contributed by atoms with Gasteiger partial charge < -0.3 is 5.32 Å². The molecule has 2 N–H and O–H groups in total.